The number of benzene rings is 2. The van der Waals surface area contributed by atoms with Gasteiger partial charge in [0.05, 0.1) is 5.33 Å². The first kappa shape index (κ1) is 52.1. The van der Waals surface area contributed by atoms with Crippen LogP contribution in [0.5, 0.6) is 5.75 Å². The first-order chi connectivity index (χ1) is 29.2. The van der Waals surface area contributed by atoms with Gasteiger partial charge in [0.25, 0.3) is 0 Å². The van der Waals surface area contributed by atoms with Crippen molar-refractivity contribution in [3.63, 3.8) is 0 Å². The number of primary amides is 2. The number of amides is 8. The number of phenolic OH excluding ortho intramolecular Hbond substituents is 1. The van der Waals surface area contributed by atoms with E-state index in [2.05, 4.69) is 47.8 Å². The fraction of sp³-hybridized carbons (Fsp3) is 0.500. The Morgan fingerprint density at radius 3 is 1.31 bits per heavy atom. The molecule has 8 amide bonds. The fourth-order valence-electron chi connectivity index (χ4n) is 6.24. The lowest BCUT2D eigenvalue weighted by Crippen LogP contribution is -2.60. The molecule has 6 atom stereocenters. The van der Waals surface area contributed by atoms with Gasteiger partial charge in [0.2, 0.25) is 47.3 Å². The third kappa shape index (κ3) is 19.6. The average Bonchev–Trinajstić information content (AvgIpc) is 3.20. The van der Waals surface area contributed by atoms with Crippen LogP contribution < -0.4 is 43.4 Å². The smallest absolute Gasteiger partial charge is 0.326 e. The first-order valence-corrected chi connectivity index (χ1v) is 21.3. The van der Waals surface area contributed by atoms with Crippen LogP contribution in [-0.2, 0) is 56.0 Å². The number of carboxylic acids is 1. The molecule has 0 heterocycles. The Balaban J connectivity index is 2.36. The molecule has 62 heavy (non-hydrogen) atoms. The van der Waals surface area contributed by atoms with Crippen LogP contribution in [-0.4, -0.2) is 105 Å². The minimum absolute atomic E-state index is 0.0336. The van der Waals surface area contributed by atoms with Crippen LogP contribution >= 0.6 is 15.9 Å². The minimum Gasteiger partial charge on any atom is -0.508 e. The van der Waals surface area contributed by atoms with Gasteiger partial charge in [-0.2, -0.15) is 0 Å². The Kier molecular flexibility index (Phi) is 22.1. The lowest BCUT2D eigenvalue weighted by molar-refractivity contribution is -0.142. The van der Waals surface area contributed by atoms with Gasteiger partial charge >= 0.3 is 5.97 Å². The molecule has 2 aromatic rings. The maximum atomic E-state index is 13.9. The Morgan fingerprint density at radius 2 is 0.903 bits per heavy atom. The second-order valence-electron chi connectivity index (χ2n) is 15.7. The van der Waals surface area contributed by atoms with Crippen LogP contribution in [0.25, 0.3) is 0 Å². The number of nitrogens with one attached hydrogen (secondary N) is 6. The van der Waals surface area contributed by atoms with E-state index in [1.54, 1.807) is 58.0 Å². The molecule has 0 saturated heterocycles. The quantitative estimate of drug-likeness (QED) is 0.0540. The Hall–Kier alpha value is -6.05. The van der Waals surface area contributed by atoms with Crippen LogP contribution in [0.4, 0.5) is 0 Å². The Bertz CT molecular complexity index is 1860. The van der Waals surface area contributed by atoms with E-state index in [4.69, 9.17) is 11.5 Å². The molecule has 0 fully saturated rings. The van der Waals surface area contributed by atoms with Crippen molar-refractivity contribution in [1.29, 1.82) is 0 Å². The van der Waals surface area contributed by atoms with E-state index in [1.165, 1.54) is 24.3 Å². The molecule has 0 radical (unpaired) electrons. The van der Waals surface area contributed by atoms with Gasteiger partial charge in [-0.25, -0.2) is 4.79 Å². The second-order valence-corrected chi connectivity index (χ2v) is 16.3. The summed E-state index contributed by atoms with van der Waals surface area (Å²) in [6.07, 6.45) is -1.41. The van der Waals surface area contributed by atoms with Gasteiger partial charge in [-0.15, -0.1) is 0 Å². The summed E-state index contributed by atoms with van der Waals surface area (Å²) in [5.41, 5.74) is 12.0. The number of phenols is 1. The summed E-state index contributed by atoms with van der Waals surface area (Å²) in [6.45, 7) is 7.11. The number of aliphatic carboxylic acids is 1. The molecule has 0 aromatic heterocycles. The maximum absolute atomic E-state index is 13.9. The summed E-state index contributed by atoms with van der Waals surface area (Å²) in [5, 5.41) is 34.7. The van der Waals surface area contributed by atoms with Crippen molar-refractivity contribution >= 4 is 69.2 Å². The number of nitrogens with two attached hydrogens (primary N) is 2. The fourth-order valence-corrected chi connectivity index (χ4v) is 6.40. The van der Waals surface area contributed by atoms with E-state index in [0.717, 1.165) is 5.56 Å². The summed E-state index contributed by atoms with van der Waals surface area (Å²) >= 11 is 3.07. The minimum atomic E-state index is -1.53. The molecule has 19 nitrogen and oxygen atoms in total. The molecule has 20 heteroatoms. The van der Waals surface area contributed by atoms with Crippen molar-refractivity contribution < 1.29 is 53.4 Å². The van der Waals surface area contributed by atoms with Gasteiger partial charge < -0.3 is 53.6 Å². The molecule has 12 N–H and O–H groups in total. The summed E-state index contributed by atoms with van der Waals surface area (Å²) in [4.78, 5) is 117. The van der Waals surface area contributed by atoms with Crippen LogP contribution in [0.15, 0.2) is 54.6 Å². The number of carboxylic acid groups (broad SMARTS) is 1. The highest BCUT2D eigenvalue weighted by Gasteiger charge is 2.34. The monoisotopic (exact) mass is 930 g/mol. The van der Waals surface area contributed by atoms with Crippen molar-refractivity contribution in [3.8, 4) is 5.75 Å². The largest absolute Gasteiger partial charge is 0.508 e. The molecule has 0 spiro atoms. The van der Waals surface area contributed by atoms with Gasteiger partial charge in [0.15, 0.2) is 0 Å². The Morgan fingerprint density at radius 1 is 0.532 bits per heavy atom. The van der Waals surface area contributed by atoms with Gasteiger partial charge in [0, 0.05) is 25.7 Å². The number of carbonyl (C=O) groups is 9. The molecule has 340 valence electrons. The molecular weight excluding hydrogens is 872 g/mol. The van der Waals surface area contributed by atoms with Gasteiger partial charge in [-0.05, 0) is 60.8 Å². The van der Waals surface area contributed by atoms with Crippen molar-refractivity contribution in [2.45, 2.75) is 115 Å². The molecule has 0 bridgehead atoms. The zero-order chi connectivity index (χ0) is 46.5. The highest BCUT2D eigenvalue weighted by atomic mass is 79.9. The van der Waals surface area contributed by atoms with Gasteiger partial charge in [-0.1, -0.05) is 86.1 Å². The molecule has 0 aliphatic heterocycles. The van der Waals surface area contributed by atoms with E-state index in [0.29, 0.717) is 5.56 Å². The first-order valence-electron chi connectivity index (χ1n) is 20.2. The summed E-state index contributed by atoms with van der Waals surface area (Å²) < 4.78 is 0. The van der Waals surface area contributed by atoms with E-state index in [9.17, 15) is 53.4 Å². The van der Waals surface area contributed by atoms with E-state index in [-0.39, 0.29) is 67.9 Å². The number of aromatic hydroxyl groups is 1. The maximum Gasteiger partial charge on any atom is 0.326 e. The number of hydrogen-bond acceptors (Lipinski definition) is 10. The summed E-state index contributed by atoms with van der Waals surface area (Å²) in [5.74, 6) is -8.14. The van der Waals surface area contributed by atoms with E-state index >= 15 is 0 Å². The lowest BCUT2D eigenvalue weighted by atomic mass is 9.99. The molecule has 0 aliphatic rings. The molecular formula is C42H59BrN8O11. The lowest BCUT2D eigenvalue weighted by Gasteiger charge is -2.28. The second kappa shape index (κ2) is 26.3. The van der Waals surface area contributed by atoms with Crippen LogP contribution in [0, 0.1) is 11.8 Å². The van der Waals surface area contributed by atoms with E-state index in [1.807, 2.05) is 0 Å². The number of hydrogen-bond donors (Lipinski definition) is 10. The number of rotatable bonds is 27. The molecule has 2 aromatic carbocycles. The normalized spacial score (nSPS) is 13.9. The summed E-state index contributed by atoms with van der Waals surface area (Å²) in [6, 6.07) is 6.49. The van der Waals surface area contributed by atoms with Gasteiger partial charge in [-0.3, -0.25) is 38.4 Å². The van der Waals surface area contributed by atoms with Crippen molar-refractivity contribution in [1.82, 2.24) is 31.9 Å². The van der Waals surface area contributed by atoms with Crippen molar-refractivity contribution in [3.05, 3.63) is 65.7 Å². The van der Waals surface area contributed by atoms with Crippen molar-refractivity contribution in [2.75, 3.05) is 5.33 Å². The van der Waals surface area contributed by atoms with Crippen LogP contribution in [0.1, 0.15) is 77.3 Å². The number of halogens is 1. The predicted octanol–water partition coefficient (Wildman–Crippen LogP) is 0.189. The third-order valence-corrected chi connectivity index (χ3v) is 9.86. The third-order valence-electron chi connectivity index (χ3n) is 9.35. The topological polar surface area (TPSA) is 318 Å². The summed E-state index contributed by atoms with van der Waals surface area (Å²) in [7, 11) is 0. The van der Waals surface area contributed by atoms with Crippen LogP contribution in [0.3, 0.4) is 0 Å². The number of alkyl halides is 1. The molecule has 2 rings (SSSR count). The predicted molar refractivity (Wildman–Crippen MR) is 231 cm³/mol. The highest BCUT2D eigenvalue weighted by Crippen LogP contribution is 2.14. The SMILES string of the molecule is CC(C)CC(NC(=O)C(CCC(N)=O)NC(=O)C(CCC(N)=O)NC(=O)C(CC(C)C)NC(=O)C(Cc1ccccc1)NC(=O)CBr)C(=O)NC(Cc1ccc(O)cc1)C(=O)O. The average molecular weight is 932 g/mol. The van der Waals surface area contributed by atoms with Gasteiger partial charge in [0.1, 0.15) is 42.0 Å². The highest BCUT2D eigenvalue weighted by molar-refractivity contribution is 9.09. The zero-order valence-electron chi connectivity index (χ0n) is 35.3. The molecule has 6 unspecified atom stereocenters. The van der Waals surface area contributed by atoms with Crippen molar-refractivity contribution in [2.24, 2.45) is 23.3 Å². The molecule has 0 saturated carbocycles. The Labute approximate surface area is 368 Å². The number of carbonyl (C=O) groups excluding carboxylic acids is 8. The zero-order valence-corrected chi connectivity index (χ0v) is 36.9. The van der Waals surface area contributed by atoms with E-state index < -0.39 is 95.9 Å². The standard InChI is InChI=1S/C42H59BrN8O11/c1-23(2)18-30(50-41(60)32(46-36(55)22-43)20-25-8-6-5-7-9-25)39(58)48-28(14-16-34(44)53)37(56)47-29(15-17-35(45)54)38(57)49-31(19-24(3)4)40(59)51-33(42(61)62)21-26-10-12-27(52)13-11-26/h5-13,23-24,28-33,52H,14-22H2,1-4H3,(H2,44,53)(H2,45,54)(H,46,55)(H,47,56)(H,48,58)(H,49,57)(H,50,60)(H,51,59)(H,61,62). The molecule has 0 aliphatic carbocycles. The van der Waals surface area contributed by atoms with Crippen LogP contribution in [0.2, 0.25) is 0 Å².